The molecule has 0 bridgehead atoms. The summed E-state index contributed by atoms with van der Waals surface area (Å²) in [5.41, 5.74) is 0. The SMILES string of the molecule is COCCNCc1nnnn1CC1(SC)CC1. The van der Waals surface area contributed by atoms with Crippen molar-refractivity contribution in [2.45, 2.75) is 30.7 Å². The van der Waals surface area contributed by atoms with E-state index in [2.05, 4.69) is 27.1 Å². The molecule has 0 radical (unpaired) electrons. The average Bonchev–Trinajstić information content (AvgIpc) is 2.99. The minimum absolute atomic E-state index is 0.386. The van der Waals surface area contributed by atoms with Crippen LogP contribution in [0.2, 0.25) is 0 Å². The topological polar surface area (TPSA) is 64.9 Å². The van der Waals surface area contributed by atoms with Gasteiger partial charge in [0.2, 0.25) is 0 Å². The first-order valence-corrected chi connectivity index (χ1v) is 7.02. The lowest BCUT2D eigenvalue weighted by atomic mass is 10.4. The second-order valence-electron chi connectivity index (χ2n) is 4.31. The van der Waals surface area contributed by atoms with E-state index in [4.69, 9.17) is 4.74 Å². The van der Waals surface area contributed by atoms with Crippen molar-refractivity contribution in [2.75, 3.05) is 26.5 Å². The summed E-state index contributed by atoms with van der Waals surface area (Å²) in [7, 11) is 1.70. The minimum atomic E-state index is 0.386. The number of hydrogen-bond acceptors (Lipinski definition) is 6. The normalized spacial score (nSPS) is 17.3. The summed E-state index contributed by atoms with van der Waals surface area (Å²) >= 11 is 1.92. The van der Waals surface area contributed by atoms with Crippen LogP contribution in [0.3, 0.4) is 0 Å². The van der Waals surface area contributed by atoms with Crippen LogP contribution in [-0.4, -0.2) is 51.5 Å². The van der Waals surface area contributed by atoms with Crippen LogP contribution in [0.4, 0.5) is 0 Å². The predicted molar refractivity (Wildman–Crippen MR) is 66.9 cm³/mol. The van der Waals surface area contributed by atoms with Crippen LogP contribution in [0.25, 0.3) is 0 Å². The largest absolute Gasteiger partial charge is 0.383 e. The second kappa shape index (κ2) is 5.79. The van der Waals surface area contributed by atoms with Gasteiger partial charge in [-0.25, -0.2) is 4.68 Å². The number of thioether (sulfide) groups is 1. The molecule has 96 valence electrons. The van der Waals surface area contributed by atoms with Crippen LogP contribution in [-0.2, 0) is 17.8 Å². The first kappa shape index (κ1) is 12.8. The molecule has 0 aromatic carbocycles. The third-order valence-electron chi connectivity index (χ3n) is 3.05. The van der Waals surface area contributed by atoms with Crippen molar-refractivity contribution >= 4 is 11.8 Å². The maximum Gasteiger partial charge on any atom is 0.165 e. The van der Waals surface area contributed by atoms with Gasteiger partial charge in [0.1, 0.15) is 0 Å². The quantitative estimate of drug-likeness (QED) is 0.676. The molecule has 1 heterocycles. The Morgan fingerprint density at radius 2 is 2.35 bits per heavy atom. The number of tetrazole rings is 1. The molecule has 0 atom stereocenters. The highest BCUT2D eigenvalue weighted by Gasteiger charge is 2.43. The molecule has 2 rings (SSSR count). The number of aromatic nitrogens is 4. The van der Waals surface area contributed by atoms with Gasteiger partial charge in [-0.3, -0.25) is 0 Å². The van der Waals surface area contributed by atoms with Gasteiger partial charge in [-0.2, -0.15) is 11.8 Å². The van der Waals surface area contributed by atoms with E-state index in [0.29, 0.717) is 17.9 Å². The van der Waals surface area contributed by atoms with Crippen LogP contribution in [0, 0.1) is 0 Å². The van der Waals surface area contributed by atoms with Gasteiger partial charge in [-0.15, -0.1) is 5.10 Å². The lowest BCUT2D eigenvalue weighted by molar-refractivity contribution is 0.198. The van der Waals surface area contributed by atoms with E-state index in [1.54, 1.807) is 7.11 Å². The molecule has 1 N–H and O–H groups in total. The number of methoxy groups -OCH3 is 1. The fourth-order valence-corrected chi connectivity index (χ4v) is 2.45. The van der Waals surface area contributed by atoms with E-state index < -0.39 is 0 Å². The second-order valence-corrected chi connectivity index (χ2v) is 5.58. The van der Waals surface area contributed by atoms with Crippen molar-refractivity contribution in [3.63, 3.8) is 0 Å². The Kier molecular flexibility index (Phi) is 4.36. The number of nitrogens with one attached hydrogen (secondary N) is 1. The van der Waals surface area contributed by atoms with E-state index in [-0.39, 0.29) is 0 Å². The monoisotopic (exact) mass is 257 g/mol. The molecule has 0 saturated heterocycles. The smallest absolute Gasteiger partial charge is 0.165 e. The maximum atomic E-state index is 4.98. The standard InChI is InChI=1S/C10H19N5OS/c1-16-6-5-11-7-9-12-13-14-15(9)8-10(17-2)3-4-10/h11H,3-8H2,1-2H3. The summed E-state index contributed by atoms with van der Waals surface area (Å²) in [4.78, 5) is 0. The number of ether oxygens (including phenoxy) is 1. The summed E-state index contributed by atoms with van der Waals surface area (Å²) in [5, 5.41) is 15.1. The fourth-order valence-electron chi connectivity index (χ4n) is 1.69. The third kappa shape index (κ3) is 3.40. The first-order valence-electron chi connectivity index (χ1n) is 5.79. The van der Waals surface area contributed by atoms with E-state index in [1.165, 1.54) is 12.8 Å². The third-order valence-corrected chi connectivity index (χ3v) is 4.45. The summed E-state index contributed by atoms with van der Waals surface area (Å²) in [6, 6.07) is 0. The van der Waals surface area contributed by atoms with E-state index >= 15 is 0 Å². The van der Waals surface area contributed by atoms with Crippen LogP contribution < -0.4 is 5.32 Å². The molecule has 1 aromatic heterocycles. The van der Waals surface area contributed by atoms with Gasteiger partial charge in [0, 0.05) is 18.4 Å². The van der Waals surface area contributed by atoms with Crippen molar-refractivity contribution in [1.29, 1.82) is 0 Å². The van der Waals surface area contributed by atoms with E-state index in [0.717, 1.165) is 18.9 Å². The number of nitrogens with zero attached hydrogens (tertiary/aromatic N) is 4. The van der Waals surface area contributed by atoms with Crippen LogP contribution in [0.5, 0.6) is 0 Å². The highest BCUT2D eigenvalue weighted by atomic mass is 32.2. The van der Waals surface area contributed by atoms with Crippen LogP contribution in [0.1, 0.15) is 18.7 Å². The van der Waals surface area contributed by atoms with Gasteiger partial charge < -0.3 is 10.1 Å². The van der Waals surface area contributed by atoms with Gasteiger partial charge in [-0.05, 0) is 29.5 Å². The zero-order valence-corrected chi connectivity index (χ0v) is 11.2. The lowest BCUT2D eigenvalue weighted by Gasteiger charge is -2.12. The summed E-state index contributed by atoms with van der Waals surface area (Å²) in [5.74, 6) is 0.904. The first-order chi connectivity index (χ1) is 8.29. The molecule has 6 nitrogen and oxygen atoms in total. The molecule has 0 aliphatic heterocycles. The van der Waals surface area contributed by atoms with Crippen molar-refractivity contribution in [1.82, 2.24) is 25.5 Å². The molecule has 1 aromatic rings. The van der Waals surface area contributed by atoms with E-state index in [1.807, 2.05) is 16.4 Å². The Bertz CT molecular complexity index is 352. The average molecular weight is 257 g/mol. The molecule has 0 spiro atoms. The molecule has 0 amide bonds. The Morgan fingerprint density at radius 1 is 1.53 bits per heavy atom. The van der Waals surface area contributed by atoms with E-state index in [9.17, 15) is 0 Å². The highest BCUT2D eigenvalue weighted by molar-refractivity contribution is 8.00. The molecule has 1 aliphatic rings. The molecule has 17 heavy (non-hydrogen) atoms. The number of rotatable bonds is 8. The van der Waals surface area contributed by atoms with Gasteiger partial charge in [0.15, 0.2) is 5.82 Å². The minimum Gasteiger partial charge on any atom is -0.383 e. The molecule has 1 fully saturated rings. The van der Waals surface area contributed by atoms with Crippen LogP contribution in [0.15, 0.2) is 0 Å². The fraction of sp³-hybridized carbons (Fsp3) is 0.900. The van der Waals surface area contributed by atoms with Crippen molar-refractivity contribution in [2.24, 2.45) is 0 Å². The molecular formula is C10H19N5OS. The van der Waals surface area contributed by atoms with Crippen molar-refractivity contribution < 1.29 is 4.74 Å². The highest BCUT2D eigenvalue weighted by Crippen LogP contribution is 2.48. The Morgan fingerprint density at radius 3 is 3.00 bits per heavy atom. The predicted octanol–water partition coefficient (Wildman–Crippen LogP) is 0.305. The molecule has 1 aliphatic carbocycles. The molecular weight excluding hydrogens is 238 g/mol. The summed E-state index contributed by atoms with van der Waals surface area (Å²) in [6.45, 7) is 3.14. The van der Waals surface area contributed by atoms with Crippen LogP contribution >= 0.6 is 11.8 Å². The number of hydrogen-bond donors (Lipinski definition) is 1. The lowest BCUT2D eigenvalue weighted by Crippen LogP contribution is -2.23. The zero-order valence-electron chi connectivity index (χ0n) is 10.3. The maximum absolute atomic E-state index is 4.98. The Labute approximate surface area is 105 Å². The molecule has 1 saturated carbocycles. The van der Waals surface area contributed by atoms with Gasteiger partial charge >= 0.3 is 0 Å². The van der Waals surface area contributed by atoms with Gasteiger partial charge in [-0.1, -0.05) is 0 Å². The summed E-state index contributed by atoms with van der Waals surface area (Å²) < 4.78 is 7.28. The summed E-state index contributed by atoms with van der Waals surface area (Å²) in [6.07, 6.45) is 4.70. The molecule has 7 heteroatoms. The van der Waals surface area contributed by atoms with Crippen molar-refractivity contribution in [3.05, 3.63) is 5.82 Å². The molecule has 0 unspecified atom stereocenters. The van der Waals surface area contributed by atoms with Crippen molar-refractivity contribution in [3.8, 4) is 0 Å². The van der Waals surface area contributed by atoms with Gasteiger partial charge in [0.25, 0.3) is 0 Å². The Hall–Kier alpha value is -0.660. The zero-order chi connectivity index (χ0) is 12.1. The van der Waals surface area contributed by atoms with Gasteiger partial charge in [0.05, 0.1) is 19.7 Å². The Balaban J connectivity index is 1.84.